The van der Waals surface area contributed by atoms with Crippen LogP contribution in [0.1, 0.15) is 12.5 Å². The third-order valence-electron chi connectivity index (χ3n) is 4.07. The molecule has 5 heteroatoms. The van der Waals surface area contributed by atoms with Crippen molar-refractivity contribution in [1.82, 2.24) is 0 Å². The van der Waals surface area contributed by atoms with Crippen molar-refractivity contribution in [3.63, 3.8) is 0 Å². The molecule has 4 rings (SSSR count). The third kappa shape index (κ3) is 1.56. The smallest absolute Gasteiger partial charge is 0.282 e. The van der Waals surface area contributed by atoms with E-state index in [-0.39, 0.29) is 5.91 Å². The molecule has 2 aliphatic rings. The van der Waals surface area contributed by atoms with Crippen LogP contribution in [-0.4, -0.2) is 19.6 Å². The number of hydrogen-bond donors (Lipinski definition) is 0. The van der Waals surface area contributed by atoms with Crippen LogP contribution in [0.15, 0.2) is 52.4 Å². The van der Waals surface area contributed by atoms with E-state index in [2.05, 4.69) is 9.98 Å². The van der Waals surface area contributed by atoms with Gasteiger partial charge in [0.2, 0.25) is 0 Å². The molecule has 1 unspecified atom stereocenters. The van der Waals surface area contributed by atoms with Gasteiger partial charge in [0, 0.05) is 18.7 Å². The van der Waals surface area contributed by atoms with Crippen LogP contribution < -0.4 is 20.4 Å². The first-order chi connectivity index (χ1) is 10.7. The van der Waals surface area contributed by atoms with Crippen molar-refractivity contribution in [3.8, 4) is 5.75 Å². The molecular formula is C17H15N3O2. The second kappa shape index (κ2) is 4.40. The van der Waals surface area contributed by atoms with Crippen LogP contribution in [0.5, 0.6) is 5.75 Å². The van der Waals surface area contributed by atoms with Crippen LogP contribution >= 0.6 is 0 Å². The predicted molar refractivity (Wildman–Crippen MR) is 81.5 cm³/mol. The van der Waals surface area contributed by atoms with Gasteiger partial charge in [0.25, 0.3) is 11.6 Å². The highest BCUT2D eigenvalue weighted by molar-refractivity contribution is 6.07. The maximum Gasteiger partial charge on any atom is 0.282 e. The molecule has 0 N–H and O–H groups in total. The zero-order chi connectivity index (χ0) is 15.3. The zero-order valence-electron chi connectivity index (χ0n) is 12.4. The molecule has 2 aromatic carbocycles. The van der Waals surface area contributed by atoms with E-state index in [1.165, 1.54) is 0 Å². The standard InChI is InChI=1S/C17H15N3O2/c1-3-22-11-8-9-13-14(10-11)19-17(18-13)12-6-4-5-7-15(12)20(2)16(17)21/h4-10H,3H2,1-2H3. The fourth-order valence-corrected chi connectivity index (χ4v) is 3.05. The van der Waals surface area contributed by atoms with E-state index in [1.807, 2.05) is 49.4 Å². The number of amides is 1. The number of carbonyl (C=O) groups is 1. The Labute approximate surface area is 127 Å². The highest BCUT2D eigenvalue weighted by atomic mass is 16.5. The second-order valence-corrected chi connectivity index (χ2v) is 5.36. The van der Waals surface area contributed by atoms with Gasteiger partial charge in [-0.25, -0.2) is 9.98 Å². The Morgan fingerprint density at radius 2 is 1.91 bits per heavy atom. The molecule has 2 heterocycles. The minimum atomic E-state index is -1.17. The first kappa shape index (κ1) is 13.0. The quantitative estimate of drug-likeness (QED) is 0.834. The SMILES string of the molecule is CCOc1ccc2c(c1)=NC1(N=2)C(=O)N(C)c2ccccc21. The molecule has 1 atom stereocenters. The van der Waals surface area contributed by atoms with E-state index >= 15 is 0 Å². The van der Waals surface area contributed by atoms with Gasteiger partial charge in [-0.2, -0.15) is 0 Å². The van der Waals surface area contributed by atoms with Gasteiger partial charge in [-0.3, -0.25) is 4.79 Å². The van der Waals surface area contributed by atoms with Crippen LogP contribution in [-0.2, 0) is 10.5 Å². The van der Waals surface area contributed by atoms with Crippen molar-refractivity contribution in [1.29, 1.82) is 0 Å². The molecule has 2 aliphatic heterocycles. The summed E-state index contributed by atoms with van der Waals surface area (Å²) in [4.78, 5) is 23.7. The topological polar surface area (TPSA) is 54.3 Å². The van der Waals surface area contributed by atoms with Crippen LogP contribution in [0.25, 0.3) is 0 Å². The lowest BCUT2D eigenvalue weighted by molar-refractivity contribution is -0.122. The Kier molecular flexibility index (Phi) is 2.60. The molecule has 2 aromatic rings. The number of anilines is 1. The summed E-state index contributed by atoms with van der Waals surface area (Å²) in [6, 6.07) is 13.2. The van der Waals surface area contributed by atoms with Crippen LogP contribution in [0.3, 0.4) is 0 Å². The lowest BCUT2D eigenvalue weighted by atomic mass is 10.0. The average Bonchev–Trinajstić information content (AvgIpc) is 3.01. The molecule has 0 aromatic heterocycles. The van der Waals surface area contributed by atoms with E-state index in [1.54, 1.807) is 11.9 Å². The summed E-state index contributed by atoms with van der Waals surface area (Å²) in [6.45, 7) is 2.52. The van der Waals surface area contributed by atoms with Crippen molar-refractivity contribution < 1.29 is 9.53 Å². The molecule has 0 saturated carbocycles. The van der Waals surface area contributed by atoms with Crippen LogP contribution in [0.2, 0.25) is 0 Å². The van der Waals surface area contributed by atoms with Crippen molar-refractivity contribution in [3.05, 3.63) is 58.7 Å². The van der Waals surface area contributed by atoms with E-state index in [9.17, 15) is 4.79 Å². The second-order valence-electron chi connectivity index (χ2n) is 5.36. The molecule has 0 fully saturated rings. The molecular weight excluding hydrogens is 278 g/mol. The minimum absolute atomic E-state index is 0.122. The van der Waals surface area contributed by atoms with Crippen molar-refractivity contribution >= 4 is 11.6 Å². The van der Waals surface area contributed by atoms with Crippen molar-refractivity contribution in [2.75, 3.05) is 18.6 Å². The number of para-hydroxylation sites is 1. The highest BCUT2D eigenvalue weighted by Crippen LogP contribution is 2.43. The third-order valence-corrected chi connectivity index (χ3v) is 4.07. The first-order valence-corrected chi connectivity index (χ1v) is 7.26. The molecule has 110 valence electrons. The van der Waals surface area contributed by atoms with Gasteiger partial charge in [-0.1, -0.05) is 18.2 Å². The van der Waals surface area contributed by atoms with Gasteiger partial charge in [0.05, 0.1) is 23.0 Å². The Morgan fingerprint density at radius 1 is 1.14 bits per heavy atom. The van der Waals surface area contributed by atoms with Crippen LogP contribution in [0.4, 0.5) is 5.69 Å². The normalized spacial score (nSPS) is 21.4. The molecule has 5 nitrogen and oxygen atoms in total. The highest BCUT2D eigenvalue weighted by Gasteiger charge is 2.51. The summed E-state index contributed by atoms with van der Waals surface area (Å²) in [5.74, 6) is 0.618. The predicted octanol–water partition coefficient (Wildman–Crippen LogP) is 1.17. The van der Waals surface area contributed by atoms with Crippen molar-refractivity contribution in [2.45, 2.75) is 12.6 Å². The minimum Gasteiger partial charge on any atom is -0.494 e. The maximum absolute atomic E-state index is 12.8. The summed E-state index contributed by atoms with van der Waals surface area (Å²) >= 11 is 0. The number of likely N-dealkylation sites (N-methyl/N-ethyl adjacent to an activating group) is 1. The van der Waals surface area contributed by atoms with E-state index in [4.69, 9.17) is 4.74 Å². The Bertz CT molecular complexity index is 906. The molecule has 1 amide bonds. The van der Waals surface area contributed by atoms with Gasteiger partial charge in [-0.15, -0.1) is 0 Å². The van der Waals surface area contributed by atoms with Crippen LogP contribution in [0, 0.1) is 0 Å². The number of carbonyl (C=O) groups excluding carboxylic acids is 1. The molecule has 0 saturated heterocycles. The number of nitrogens with zero attached hydrogens (tertiary/aromatic N) is 3. The van der Waals surface area contributed by atoms with Gasteiger partial charge in [0.1, 0.15) is 5.75 Å². The summed E-state index contributed by atoms with van der Waals surface area (Å²) < 4.78 is 5.50. The number of rotatable bonds is 2. The Hall–Kier alpha value is -2.69. The van der Waals surface area contributed by atoms with E-state index < -0.39 is 5.66 Å². The largest absolute Gasteiger partial charge is 0.494 e. The Morgan fingerprint density at radius 3 is 2.73 bits per heavy atom. The molecule has 0 bridgehead atoms. The van der Waals surface area contributed by atoms with E-state index in [0.29, 0.717) is 12.0 Å². The van der Waals surface area contributed by atoms with Gasteiger partial charge in [0.15, 0.2) is 0 Å². The summed E-state index contributed by atoms with van der Waals surface area (Å²) in [7, 11) is 1.76. The number of fused-ring (bicyclic) bond motifs is 3. The van der Waals surface area contributed by atoms with Crippen molar-refractivity contribution in [2.24, 2.45) is 9.98 Å². The fourth-order valence-electron chi connectivity index (χ4n) is 3.05. The lowest BCUT2D eigenvalue weighted by Gasteiger charge is -2.15. The Balaban J connectivity index is 1.95. The summed E-state index contributed by atoms with van der Waals surface area (Å²) in [5, 5.41) is 1.42. The molecule has 1 spiro atoms. The first-order valence-electron chi connectivity index (χ1n) is 7.26. The zero-order valence-corrected chi connectivity index (χ0v) is 12.4. The molecule has 22 heavy (non-hydrogen) atoms. The average molecular weight is 293 g/mol. The van der Waals surface area contributed by atoms with Gasteiger partial charge in [-0.05, 0) is 25.1 Å². The van der Waals surface area contributed by atoms with Gasteiger partial charge >= 0.3 is 0 Å². The number of hydrogen-bond acceptors (Lipinski definition) is 4. The fraction of sp³-hybridized carbons (Fsp3) is 0.235. The lowest BCUT2D eigenvalue weighted by Crippen LogP contribution is -2.35. The monoisotopic (exact) mass is 293 g/mol. The van der Waals surface area contributed by atoms with E-state index in [0.717, 1.165) is 22.4 Å². The van der Waals surface area contributed by atoms with Gasteiger partial charge < -0.3 is 9.64 Å². The molecule has 0 aliphatic carbocycles. The maximum atomic E-state index is 12.8. The molecule has 0 radical (unpaired) electrons. The summed E-state index contributed by atoms with van der Waals surface area (Å²) in [6.07, 6.45) is 0. The number of ether oxygens (including phenoxy) is 1. The number of benzene rings is 2. The summed E-state index contributed by atoms with van der Waals surface area (Å²) in [5.41, 5.74) is 0.521.